The van der Waals surface area contributed by atoms with Crippen LogP contribution in [0.2, 0.25) is 0 Å². The maximum absolute atomic E-state index is 5.19. The predicted octanol–water partition coefficient (Wildman–Crippen LogP) is 1.34. The Morgan fingerprint density at radius 2 is 2.35 bits per heavy atom. The molecule has 1 aliphatic heterocycles. The first kappa shape index (κ1) is 12.5. The highest BCUT2D eigenvalue weighted by Crippen LogP contribution is 2.13. The van der Waals surface area contributed by atoms with Gasteiger partial charge in [-0.3, -0.25) is 4.90 Å². The molecule has 1 aromatic rings. The molecule has 2 heterocycles. The summed E-state index contributed by atoms with van der Waals surface area (Å²) in [6.07, 6.45) is 2.45. The zero-order valence-electron chi connectivity index (χ0n) is 10.9. The number of aryl methyl sites for hydroxylation is 1. The Morgan fingerprint density at radius 3 is 3.00 bits per heavy atom. The molecule has 5 nitrogen and oxygen atoms in total. The summed E-state index contributed by atoms with van der Waals surface area (Å²) in [5.41, 5.74) is 0. The summed E-state index contributed by atoms with van der Waals surface area (Å²) < 4.78 is 5.19. The molecule has 0 radical (unpaired) electrons. The first-order valence-corrected chi connectivity index (χ1v) is 6.45. The maximum atomic E-state index is 5.19. The van der Waals surface area contributed by atoms with Crippen molar-refractivity contribution in [2.75, 3.05) is 13.1 Å². The zero-order chi connectivity index (χ0) is 12.3. The van der Waals surface area contributed by atoms with Crippen molar-refractivity contribution < 1.29 is 4.52 Å². The monoisotopic (exact) mass is 238 g/mol. The Balaban J connectivity index is 1.93. The second-order valence-electron chi connectivity index (χ2n) is 4.91. The normalized spacial score (nSPS) is 26.3. The first-order valence-electron chi connectivity index (χ1n) is 6.45. The zero-order valence-corrected chi connectivity index (χ0v) is 10.9. The molecule has 0 amide bonds. The Hall–Kier alpha value is -0.940. The minimum absolute atomic E-state index is 0.523. The lowest BCUT2D eigenvalue weighted by molar-refractivity contribution is 0.115. The van der Waals surface area contributed by atoms with Crippen LogP contribution in [0.1, 0.15) is 38.4 Å². The Kier molecular flexibility index (Phi) is 4.12. The number of hydrogen-bond donors (Lipinski definition) is 1. The van der Waals surface area contributed by atoms with Gasteiger partial charge < -0.3 is 9.84 Å². The van der Waals surface area contributed by atoms with Gasteiger partial charge in [-0.2, -0.15) is 4.98 Å². The van der Waals surface area contributed by atoms with E-state index >= 15 is 0 Å². The molecule has 0 spiro atoms. The smallest absolute Gasteiger partial charge is 0.240 e. The van der Waals surface area contributed by atoms with Crippen LogP contribution in [-0.2, 0) is 6.54 Å². The van der Waals surface area contributed by atoms with E-state index < -0.39 is 0 Å². The molecule has 1 aliphatic rings. The molecule has 5 heteroatoms. The second kappa shape index (κ2) is 5.60. The van der Waals surface area contributed by atoms with Crippen LogP contribution >= 0.6 is 0 Å². The van der Waals surface area contributed by atoms with Crippen molar-refractivity contribution >= 4 is 0 Å². The molecule has 1 N–H and O–H groups in total. The van der Waals surface area contributed by atoms with Crippen LogP contribution < -0.4 is 5.32 Å². The SMILES string of the molecule is CCCC1CN(Cc2nc(C)no2)C(C)CN1. The third kappa shape index (κ3) is 3.26. The number of rotatable bonds is 4. The van der Waals surface area contributed by atoms with Crippen LogP contribution in [0.25, 0.3) is 0 Å². The molecular weight excluding hydrogens is 216 g/mol. The van der Waals surface area contributed by atoms with Gasteiger partial charge in [0.25, 0.3) is 0 Å². The lowest BCUT2D eigenvalue weighted by Crippen LogP contribution is -2.54. The van der Waals surface area contributed by atoms with Gasteiger partial charge in [0.1, 0.15) is 0 Å². The fourth-order valence-electron chi connectivity index (χ4n) is 2.33. The van der Waals surface area contributed by atoms with Crippen LogP contribution in [0.4, 0.5) is 0 Å². The van der Waals surface area contributed by atoms with Crippen LogP contribution in [0, 0.1) is 6.92 Å². The highest BCUT2D eigenvalue weighted by atomic mass is 16.5. The summed E-state index contributed by atoms with van der Waals surface area (Å²) in [5, 5.41) is 7.42. The minimum Gasteiger partial charge on any atom is -0.338 e. The second-order valence-corrected chi connectivity index (χ2v) is 4.91. The summed E-state index contributed by atoms with van der Waals surface area (Å²) in [6.45, 7) is 9.19. The third-order valence-electron chi connectivity index (χ3n) is 3.33. The standard InChI is InChI=1S/C12H22N4O/c1-4-5-11-7-16(9(2)6-13-11)8-12-14-10(3)15-17-12/h9,11,13H,4-8H2,1-3H3. The number of aromatic nitrogens is 2. The first-order chi connectivity index (χ1) is 8.19. The fourth-order valence-corrected chi connectivity index (χ4v) is 2.33. The van der Waals surface area contributed by atoms with E-state index in [-0.39, 0.29) is 0 Å². The van der Waals surface area contributed by atoms with Crippen molar-refractivity contribution in [1.82, 2.24) is 20.4 Å². The Bertz CT molecular complexity index is 352. The van der Waals surface area contributed by atoms with Crippen LogP contribution in [0.15, 0.2) is 4.52 Å². The van der Waals surface area contributed by atoms with Crippen LogP contribution in [0.5, 0.6) is 0 Å². The molecular formula is C12H22N4O. The number of nitrogens with one attached hydrogen (secondary N) is 1. The van der Waals surface area contributed by atoms with E-state index in [1.54, 1.807) is 0 Å². The summed E-state index contributed by atoms with van der Waals surface area (Å²) in [4.78, 5) is 6.69. The van der Waals surface area contributed by atoms with Gasteiger partial charge in [0.15, 0.2) is 5.82 Å². The van der Waals surface area contributed by atoms with E-state index in [1.165, 1.54) is 12.8 Å². The van der Waals surface area contributed by atoms with Crippen molar-refractivity contribution in [3.8, 4) is 0 Å². The van der Waals surface area contributed by atoms with Crippen molar-refractivity contribution in [1.29, 1.82) is 0 Å². The lowest BCUT2D eigenvalue weighted by atomic mass is 10.1. The maximum Gasteiger partial charge on any atom is 0.240 e. The molecule has 2 rings (SSSR count). The van der Waals surface area contributed by atoms with Crippen molar-refractivity contribution in [2.45, 2.75) is 52.2 Å². The Morgan fingerprint density at radius 1 is 1.53 bits per heavy atom. The van der Waals surface area contributed by atoms with Gasteiger partial charge in [-0.25, -0.2) is 0 Å². The van der Waals surface area contributed by atoms with Gasteiger partial charge in [-0.1, -0.05) is 18.5 Å². The quantitative estimate of drug-likeness (QED) is 0.858. The summed E-state index contributed by atoms with van der Waals surface area (Å²) in [5.74, 6) is 1.44. The average Bonchev–Trinajstić information content (AvgIpc) is 2.69. The molecule has 2 unspecified atom stereocenters. The van der Waals surface area contributed by atoms with E-state index in [1.807, 2.05) is 6.92 Å². The van der Waals surface area contributed by atoms with E-state index in [0.29, 0.717) is 17.9 Å². The van der Waals surface area contributed by atoms with Crippen molar-refractivity contribution in [2.24, 2.45) is 0 Å². The highest BCUT2D eigenvalue weighted by molar-refractivity contribution is 4.88. The minimum atomic E-state index is 0.523. The summed E-state index contributed by atoms with van der Waals surface area (Å²) >= 11 is 0. The fraction of sp³-hybridized carbons (Fsp3) is 0.833. The van der Waals surface area contributed by atoms with Crippen LogP contribution in [-0.4, -0.2) is 40.2 Å². The molecule has 0 aromatic carbocycles. The van der Waals surface area contributed by atoms with E-state index in [2.05, 4.69) is 34.2 Å². The van der Waals surface area contributed by atoms with Gasteiger partial charge in [0, 0.05) is 25.2 Å². The largest absolute Gasteiger partial charge is 0.338 e. The third-order valence-corrected chi connectivity index (χ3v) is 3.33. The van der Waals surface area contributed by atoms with Crippen LogP contribution in [0.3, 0.4) is 0 Å². The number of nitrogens with zero attached hydrogens (tertiary/aromatic N) is 3. The Labute approximate surface area is 103 Å². The molecule has 0 bridgehead atoms. The number of piperazine rings is 1. The molecule has 1 saturated heterocycles. The molecule has 0 aliphatic carbocycles. The molecule has 96 valence electrons. The van der Waals surface area contributed by atoms with Gasteiger partial charge in [0.2, 0.25) is 5.89 Å². The average molecular weight is 238 g/mol. The lowest BCUT2D eigenvalue weighted by Gasteiger charge is -2.38. The molecule has 1 aromatic heterocycles. The summed E-state index contributed by atoms with van der Waals surface area (Å²) in [6, 6.07) is 1.12. The van der Waals surface area contributed by atoms with Gasteiger partial charge in [-0.05, 0) is 20.3 Å². The van der Waals surface area contributed by atoms with E-state index in [0.717, 1.165) is 25.5 Å². The topological polar surface area (TPSA) is 54.2 Å². The summed E-state index contributed by atoms with van der Waals surface area (Å²) in [7, 11) is 0. The van der Waals surface area contributed by atoms with Gasteiger partial charge in [0.05, 0.1) is 6.54 Å². The van der Waals surface area contributed by atoms with Crippen molar-refractivity contribution in [3.05, 3.63) is 11.7 Å². The van der Waals surface area contributed by atoms with E-state index in [4.69, 9.17) is 4.52 Å². The number of hydrogen-bond acceptors (Lipinski definition) is 5. The highest BCUT2D eigenvalue weighted by Gasteiger charge is 2.25. The van der Waals surface area contributed by atoms with Crippen molar-refractivity contribution in [3.63, 3.8) is 0 Å². The molecule has 17 heavy (non-hydrogen) atoms. The molecule has 2 atom stereocenters. The molecule has 0 saturated carbocycles. The molecule has 1 fully saturated rings. The predicted molar refractivity (Wildman–Crippen MR) is 65.6 cm³/mol. The van der Waals surface area contributed by atoms with E-state index in [9.17, 15) is 0 Å². The van der Waals surface area contributed by atoms with Gasteiger partial charge >= 0.3 is 0 Å². The van der Waals surface area contributed by atoms with Gasteiger partial charge in [-0.15, -0.1) is 0 Å².